The van der Waals surface area contributed by atoms with Gasteiger partial charge in [-0.15, -0.1) is 11.3 Å². The highest BCUT2D eigenvalue weighted by Crippen LogP contribution is 2.30. The molecule has 0 amide bonds. The smallest absolute Gasteiger partial charge is 0.155 e. The van der Waals surface area contributed by atoms with Crippen molar-refractivity contribution in [2.75, 3.05) is 5.73 Å². The second-order valence-corrected chi connectivity index (χ2v) is 4.53. The van der Waals surface area contributed by atoms with Crippen molar-refractivity contribution < 1.29 is 4.39 Å². The molecule has 0 aliphatic heterocycles. The molecule has 1 aromatic heterocycles. The molecule has 2 N–H and O–H groups in total. The number of anilines is 1. The molecule has 0 fully saturated rings. The summed E-state index contributed by atoms with van der Waals surface area (Å²) in [6.45, 7) is 0. The van der Waals surface area contributed by atoms with Crippen LogP contribution in [0.3, 0.4) is 0 Å². The lowest BCUT2D eigenvalue weighted by molar-refractivity contribution is 0.644. The molecule has 1 nitrogen and oxygen atoms in total. The van der Waals surface area contributed by atoms with E-state index in [1.165, 1.54) is 11.3 Å². The van der Waals surface area contributed by atoms with Crippen molar-refractivity contribution in [3.63, 3.8) is 0 Å². The van der Waals surface area contributed by atoms with E-state index in [1.54, 1.807) is 6.07 Å². The summed E-state index contributed by atoms with van der Waals surface area (Å²) in [6, 6.07) is 3.65. The molecule has 0 saturated heterocycles. The summed E-state index contributed by atoms with van der Waals surface area (Å²) < 4.78 is 15.1. The third kappa shape index (κ3) is 1.09. The van der Waals surface area contributed by atoms with E-state index in [0.717, 1.165) is 8.27 Å². The van der Waals surface area contributed by atoms with Crippen molar-refractivity contribution >= 4 is 49.7 Å². The average Bonchev–Trinajstić information content (AvgIpc) is 2.48. The molecule has 12 heavy (non-hydrogen) atoms. The summed E-state index contributed by atoms with van der Waals surface area (Å²) in [4.78, 5) is 0. The zero-order valence-electron chi connectivity index (χ0n) is 5.97. The molecule has 0 aliphatic carbocycles. The molecule has 0 bridgehead atoms. The zero-order chi connectivity index (χ0) is 8.72. The van der Waals surface area contributed by atoms with Crippen LogP contribution in [0.2, 0.25) is 0 Å². The van der Waals surface area contributed by atoms with Crippen LogP contribution in [-0.2, 0) is 0 Å². The van der Waals surface area contributed by atoms with Gasteiger partial charge in [0.1, 0.15) is 0 Å². The summed E-state index contributed by atoms with van der Waals surface area (Å²) in [6.07, 6.45) is 0. The first-order valence-electron chi connectivity index (χ1n) is 3.31. The van der Waals surface area contributed by atoms with Crippen molar-refractivity contribution in [3.05, 3.63) is 26.9 Å². The van der Waals surface area contributed by atoms with Crippen LogP contribution in [0.5, 0.6) is 0 Å². The number of hydrogen-bond donors (Lipinski definition) is 1. The minimum Gasteiger partial charge on any atom is -0.395 e. The minimum absolute atomic E-state index is 0.251. The second kappa shape index (κ2) is 2.85. The number of fused-ring (bicyclic) bond motifs is 1. The van der Waals surface area contributed by atoms with E-state index in [-0.39, 0.29) is 11.5 Å². The summed E-state index contributed by atoms with van der Waals surface area (Å²) in [5.74, 6) is -0.293. The van der Waals surface area contributed by atoms with Gasteiger partial charge in [0.25, 0.3) is 0 Å². The molecule has 0 aliphatic rings. The highest BCUT2D eigenvalue weighted by atomic mass is 127. The third-order valence-electron chi connectivity index (χ3n) is 1.68. The normalized spacial score (nSPS) is 10.8. The fraction of sp³-hybridized carbons (Fsp3) is 0. The first-order valence-corrected chi connectivity index (χ1v) is 5.26. The predicted octanol–water partition coefficient (Wildman–Crippen LogP) is 3.23. The molecule has 2 aromatic rings. The molecular formula is C8H5FINS. The molecule has 0 unspecified atom stereocenters. The lowest BCUT2D eigenvalue weighted by atomic mass is 10.2. The Labute approximate surface area is 86.5 Å². The number of halogens is 2. The number of hydrogen-bond acceptors (Lipinski definition) is 2. The van der Waals surface area contributed by atoms with Crippen LogP contribution < -0.4 is 5.73 Å². The van der Waals surface area contributed by atoms with Crippen molar-refractivity contribution in [2.45, 2.75) is 0 Å². The van der Waals surface area contributed by atoms with Crippen LogP contribution in [0.25, 0.3) is 10.1 Å². The van der Waals surface area contributed by atoms with E-state index in [4.69, 9.17) is 5.73 Å². The van der Waals surface area contributed by atoms with Crippen molar-refractivity contribution in [1.82, 2.24) is 0 Å². The largest absolute Gasteiger partial charge is 0.395 e. The van der Waals surface area contributed by atoms with Crippen molar-refractivity contribution in [1.29, 1.82) is 0 Å². The topological polar surface area (TPSA) is 26.0 Å². The molecule has 0 saturated carbocycles. The molecule has 4 heteroatoms. The van der Waals surface area contributed by atoms with Gasteiger partial charge in [-0.3, -0.25) is 0 Å². The number of rotatable bonds is 0. The van der Waals surface area contributed by atoms with E-state index in [9.17, 15) is 4.39 Å². The van der Waals surface area contributed by atoms with E-state index >= 15 is 0 Å². The summed E-state index contributed by atoms with van der Waals surface area (Å²) in [5, 5.41) is 2.49. The summed E-state index contributed by atoms with van der Waals surface area (Å²) in [7, 11) is 0. The van der Waals surface area contributed by atoms with Gasteiger partial charge in [-0.2, -0.15) is 0 Å². The van der Waals surface area contributed by atoms with Crippen LogP contribution in [0, 0.1) is 9.39 Å². The average molecular weight is 293 g/mol. The van der Waals surface area contributed by atoms with Gasteiger partial charge >= 0.3 is 0 Å². The van der Waals surface area contributed by atoms with Crippen LogP contribution in [0.15, 0.2) is 17.5 Å². The molecule has 1 heterocycles. The van der Waals surface area contributed by atoms with Gasteiger partial charge in [0, 0.05) is 13.7 Å². The monoisotopic (exact) mass is 293 g/mol. The Morgan fingerprint density at radius 1 is 1.50 bits per heavy atom. The Morgan fingerprint density at radius 2 is 2.25 bits per heavy atom. The van der Waals surface area contributed by atoms with E-state index in [1.807, 2.05) is 34.0 Å². The number of thiophene rings is 1. The molecular weight excluding hydrogens is 288 g/mol. The van der Waals surface area contributed by atoms with Crippen molar-refractivity contribution in [3.8, 4) is 0 Å². The molecule has 0 radical (unpaired) electrons. The maximum atomic E-state index is 13.4. The molecule has 1 aromatic carbocycles. The zero-order valence-corrected chi connectivity index (χ0v) is 8.95. The predicted molar refractivity (Wildman–Crippen MR) is 58.9 cm³/mol. The maximum absolute atomic E-state index is 13.4. The van der Waals surface area contributed by atoms with Gasteiger partial charge in [-0.1, -0.05) is 0 Å². The van der Waals surface area contributed by atoms with Gasteiger partial charge in [-0.25, -0.2) is 4.39 Å². The Bertz CT molecular complexity index is 438. The Kier molecular flexibility index (Phi) is 1.96. The van der Waals surface area contributed by atoms with Gasteiger partial charge in [0.05, 0.1) is 5.69 Å². The van der Waals surface area contributed by atoms with E-state index in [2.05, 4.69) is 0 Å². The Morgan fingerprint density at radius 3 is 3.00 bits per heavy atom. The Hall–Kier alpha value is -0.360. The van der Waals surface area contributed by atoms with Gasteiger partial charge < -0.3 is 5.73 Å². The summed E-state index contributed by atoms with van der Waals surface area (Å²) in [5.41, 5.74) is 5.78. The maximum Gasteiger partial charge on any atom is 0.155 e. The fourth-order valence-electron chi connectivity index (χ4n) is 1.06. The van der Waals surface area contributed by atoms with Gasteiger partial charge in [-0.05, 0) is 40.1 Å². The van der Waals surface area contributed by atoms with Gasteiger partial charge in [0.15, 0.2) is 5.82 Å². The molecule has 2 rings (SSSR count). The highest BCUT2D eigenvalue weighted by molar-refractivity contribution is 14.1. The third-order valence-corrected chi connectivity index (χ3v) is 3.44. The quantitative estimate of drug-likeness (QED) is 0.586. The molecule has 62 valence electrons. The number of benzene rings is 1. The lowest BCUT2D eigenvalue weighted by Crippen LogP contribution is -1.93. The van der Waals surface area contributed by atoms with Crippen LogP contribution >= 0.6 is 33.9 Å². The molecule has 0 spiro atoms. The fourth-order valence-corrected chi connectivity index (χ4v) is 2.64. The van der Waals surface area contributed by atoms with E-state index in [0.29, 0.717) is 5.39 Å². The van der Waals surface area contributed by atoms with Crippen LogP contribution in [0.1, 0.15) is 0 Å². The van der Waals surface area contributed by atoms with E-state index < -0.39 is 0 Å². The van der Waals surface area contributed by atoms with Gasteiger partial charge in [0.2, 0.25) is 0 Å². The standard InChI is InChI=1S/C8H5FINS/c9-7-4-1-2-12-6(4)3-5(10)8(7)11/h1-3H,11H2. The van der Waals surface area contributed by atoms with Crippen LogP contribution in [-0.4, -0.2) is 0 Å². The van der Waals surface area contributed by atoms with Crippen molar-refractivity contribution in [2.24, 2.45) is 0 Å². The van der Waals surface area contributed by atoms with Crippen LogP contribution in [0.4, 0.5) is 10.1 Å². The first kappa shape index (κ1) is 8.25. The SMILES string of the molecule is Nc1c(I)cc2sccc2c1F. The second-order valence-electron chi connectivity index (χ2n) is 2.42. The highest BCUT2D eigenvalue weighted by Gasteiger charge is 2.08. The molecule has 0 atom stereocenters. The minimum atomic E-state index is -0.293. The lowest BCUT2D eigenvalue weighted by Gasteiger charge is -2.00. The Balaban J connectivity index is 2.94. The summed E-state index contributed by atoms with van der Waals surface area (Å²) >= 11 is 3.56. The number of nitrogen functional groups attached to an aromatic ring is 1. The first-order chi connectivity index (χ1) is 5.70. The number of nitrogens with two attached hydrogens (primary N) is 1.